The number of thiophene rings is 1. The van der Waals surface area contributed by atoms with E-state index in [-0.39, 0.29) is 18.6 Å². The number of likely N-dealkylation sites (tertiary alicyclic amines) is 1. The van der Waals surface area contributed by atoms with Gasteiger partial charge in [-0.2, -0.15) is 0 Å². The minimum absolute atomic E-state index is 0.153. The molecule has 6 heteroatoms. The first-order chi connectivity index (χ1) is 10.5. The maximum Gasteiger partial charge on any atom is 0.243 e. The van der Waals surface area contributed by atoms with Crippen molar-refractivity contribution in [2.24, 2.45) is 0 Å². The van der Waals surface area contributed by atoms with E-state index in [1.165, 1.54) is 21.8 Å². The Hall–Kier alpha value is -0.560. The highest BCUT2D eigenvalue weighted by atomic mass is 32.1. The van der Waals surface area contributed by atoms with Crippen LogP contribution in [0.3, 0.4) is 0 Å². The monoisotopic (exact) mass is 331 g/mol. The normalized spacial score (nSPS) is 29.2. The third-order valence-electron chi connectivity index (χ3n) is 4.82. The molecule has 1 N–H and O–H groups in total. The molecule has 0 unspecified atom stereocenters. The number of rotatable bonds is 4. The number of ether oxygens (including phenoxy) is 1. The van der Waals surface area contributed by atoms with E-state index in [4.69, 9.17) is 9.84 Å². The molecular weight excluding hydrogens is 308 g/mol. The van der Waals surface area contributed by atoms with Crippen molar-refractivity contribution >= 4 is 11.3 Å². The molecule has 0 bridgehead atoms. The van der Waals surface area contributed by atoms with Gasteiger partial charge in [0.1, 0.15) is 5.60 Å². The van der Waals surface area contributed by atoms with Crippen molar-refractivity contribution in [1.29, 1.82) is 0 Å². The van der Waals surface area contributed by atoms with E-state index < -0.39 is 6.43 Å². The molecule has 0 amide bonds. The van der Waals surface area contributed by atoms with Crippen molar-refractivity contribution in [3.8, 4) is 0 Å². The first-order valence-electron chi connectivity index (χ1n) is 7.93. The number of piperidine rings is 1. The number of β-amino-alcohol motifs (C(OH)–C–C–N with tert-alkyl or cyclic N) is 1. The molecule has 3 rings (SSSR count). The molecule has 1 fully saturated rings. The van der Waals surface area contributed by atoms with Crippen LogP contribution in [-0.4, -0.2) is 48.8 Å². The lowest BCUT2D eigenvalue weighted by Crippen LogP contribution is -2.50. The smallest absolute Gasteiger partial charge is 0.243 e. The van der Waals surface area contributed by atoms with Gasteiger partial charge in [-0.05, 0) is 37.8 Å². The number of hydrogen-bond acceptors (Lipinski definition) is 4. The van der Waals surface area contributed by atoms with Gasteiger partial charge in [-0.15, -0.1) is 11.3 Å². The molecule has 1 saturated heterocycles. The largest absolute Gasteiger partial charge is 0.395 e. The van der Waals surface area contributed by atoms with Gasteiger partial charge in [-0.3, -0.25) is 4.90 Å². The van der Waals surface area contributed by atoms with Crippen molar-refractivity contribution in [3.05, 3.63) is 21.4 Å². The van der Waals surface area contributed by atoms with E-state index in [1.54, 1.807) is 0 Å². The predicted octanol–water partition coefficient (Wildman–Crippen LogP) is 2.80. The van der Waals surface area contributed by atoms with Crippen LogP contribution in [0.5, 0.6) is 0 Å². The first kappa shape index (κ1) is 16.3. The van der Waals surface area contributed by atoms with Crippen LogP contribution < -0.4 is 0 Å². The van der Waals surface area contributed by atoms with Gasteiger partial charge in [0.2, 0.25) is 6.43 Å². The number of halogens is 2. The minimum Gasteiger partial charge on any atom is -0.395 e. The van der Waals surface area contributed by atoms with Crippen molar-refractivity contribution < 1.29 is 18.6 Å². The molecule has 0 saturated carbocycles. The van der Waals surface area contributed by atoms with E-state index in [0.717, 1.165) is 30.7 Å². The van der Waals surface area contributed by atoms with Crippen LogP contribution in [0.15, 0.2) is 6.07 Å². The minimum atomic E-state index is -2.29. The SMILES string of the molecule is C[C@H]1C[C@@]2(CCN1CCO)OCCc1cc(CC(F)F)sc12. The molecule has 1 aromatic heterocycles. The van der Waals surface area contributed by atoms with Gasteiger partial charge in [-0.1, -0.05) is 0 Å². The molecule has 2 aliphatic heterocycles. The highest BCUT2D eigenvalue weighted by Gasteiger charge is 2.44. The van der Waals surface area contributed by atoms with E-state index in [0.29, 0.717) is 19.2 Å². The molecular formula is C16H23F2NO2S. The lowest BCUT2D eigenvalue weighted by atomic mass is 9.82. The molecule has 124 valence electrons. The van der Waals surface area contributed by atoms with Crippen LogP contribution in [0.1, 0.15) is 35.1 Å². The Kier molecular flexibility index (Phi) is 4.83. The molecule has 0 aromatic carbocycles. The number of aliphatic hydroxyl groups excluding tert-OH is 1. The summed E-state index contributed by atoms with van der Waals surface area (Å²) in [5.74, 6) is 0. The Balaban J connectivity index is 1.83. The Labute approximate surface area is 133 Å². The van der Waals surface area contributed by atoms with Gasteiger partial charge in [0.05, 0.1) is 13.2 Å². The lowest BCUT2D eigenvalue weighted by Gasteiger charge is -2.47. The van der Waals surface area contributed by atoms with E-state index in [1.807, 2.05) is 6.07 Å². The van der Waals surface area contributed by atoms with Gasteiger partial charge in [-0.25, -0.2) is 8.78 Å². The van der Waals surface area contributed by atoms with Gasteiger partial charge in [0, 0.05) is 35.3 Å². The van der Waals surface area contributed by atoms with E-state index in [2.05, 4.69) is 11.8 Å². The summed E-state index contributed by atoms with van der Waals surface area (Å²) in [4.78, 5) is 4.22. The fourth-order valence-corrected chi connectivity index (χ4v) is 5.18. The van der Waals surface area contributed by atoms with Gasteiger partial charge in [0.25, 0.3) is 0 Å². The fourth-order valence-electron chi connectivity index (χ4n) is 3.78. The summed E-state index contributed by atoms with van der Waals surface area (Å²) in [7, 11) is 0. The average Bonchev–Trinajstić information content (AvgIpc) is 2.86. The number of alkyl halides is 2. The van der Waals surface area contributed by atoms with Crippen LogP contribution in [0.2, 0.25) is 0 Å². The predicted molar refractivity (Wildman–Crippen MR) is 82.7 cm³/mol. The summed E-state index contributed by atoms with van der Waals surface area (Å²) < 4.78 is 31.5. The van der Waals surface area contributed by atoms with Crippen LogP contribution >= 0.6 is 11.3 Å². The maximum atomic E-state index is 12.7. The molecule has 3 heterocycles. The average molecular weight is 331 g/mol. The summed E-state index contributed by atoms with van der Waals surface area (Å²) >= 11 is 1.51. The molecule has 2 atom stereocenters. The highest BCUT2D eigenvalue weighted by molar-refractivity contribution is 7.12. The molecule has 1 aromatic rings. The second-order valence-electron chi connectivity index (χ2n) is 6.32. The number of fused-ring (bicyclic) bond motifs is 2. The molecule has 0 aliphatic carbocycles. The van der Waals surface area contributed by atoms with Gasteiger partial charge in [0.15, 0.2) is 0 Å². The summed E-state index contributed by atoms with van der Waals surface area (Å²) in [5, 5.41) is 9.14. The van der Waals surface area contributed by atoms with Crippen LogP contribution in [-0.2, 0) is 23.2 Å². The van der Waals surface area contributed by atoms with Crippen LogP contribution in [0.25, 0.3) is 0 Å². The Morgan fingerprint density at radius 2 is 2.36 bits per heavy atom. The standard InChI is InChI=1S/C16H23F2NO2S/c1-11-10-16(3-4-19(11)5-6-20)15-12(2-7-21-16)8-13(22-15)9-14(17)18/h8,11,14,20H,2-7,9-10H2,1H3/t11-,16+/m0/s1. The first-order valence-corrected chi connectivity index (χ1v) is 8.75. The van der Waals surface area contributed by atoms with Gasteiger partial charge >= 0.3 is 0 Å². The van der Waals surface area contributed by atoms with Crippen molar-refractivity contribution in [3.63, 3.8) is 0 Å². The third kappa shape index (κ3) is 3.07. The number of hydrogen-bond donors (Lipinski definition) is 1. The lowest BCUT2D eigenvalue weighted by molar-refractivity contribution is -0.110. The maximum absolute atomic E-state index is 12.7. The second-order valence-corrected chi connectivity index (χ2v) is 7.45. The number of aliphatic hydroxyl groups is 1. The molecule has 2 aliphatic rings. The van der Waals surface area contributed by atoms with Crippen molar-refractivity contribution in [1.82, 2.24) is 4.90 Å². The molecule has 1 spiro atoms. The topological polar surface area (TPSA) is 32.7 Å². The zero-order valence-electron chi connectivity index (χ0n) is 12.9. The van der Waals surface area contributed by atoms with Crippen LogP contribution in [0.4, 0.5) is 8.78 Å². The van der Waals surface area contributed by atoms with E-state index in [9.17, 15) is 8.78 Å². The second kappa shape index (κ2) is 6.51. The Bertz CT molecular complexity index is 522. The Morgan fingerprint density at radius 3 is 3.05 bits per heavy atom. The van der Waals surface area contributed by atoms with Crippen molar-refractivity contribution in [2.75, 3.05) is 26.3 Å². The fraction of sp³-hybridized carbons (Fsp3) is 0.750. The Morgan fingerprint density at radius 1 is 1.55 bits per heavy atom. The summed E-state index contributed by atoms with van der Waals surface area (Å²) in [5.41, 5.74) is 0.902. The summed E-state index contributed by atoms with van der Waals surface area (Å²) in [6.07, 6.45) is 0.126. The third-order valence-corrected chi connectivity index (χ3v) is 6.20. The number of nitrogens with zero attached hydrogens (tertiary/aromatic N) is 1. The van der Waals surface area contributed by atoms with E-state index >= 15 is 0 Å². The zero-order chi connectivity index (χ0) is 15.7. The molecule has 22 heavy (non-hydrogen) atoms. The summed E-state index contributed by atoms with van der Waals surface area (Å²) in [6, 6.07) is 2.29. The zero-order valence-corrected chi connectivity index (χ0v) is 13.7. The van der Waals surface area contributed by atoms with Crippen LogP contribution in [0, 0.1) is 0 Å². The summed E-state index contributed by atoms with van der Waals surface area (Å²) in [6.45, 7) is 4.56. The van der Waals surface area contributed by atoms with Gasteiger partial charge < -0.3 is 9.84 Å². The molecule has 3 nitrogen and oxygen atoms in total. The highest BCUT2D eigenvalue weighted by Crippen LogP contribution is 2.47. The molecule has 0 radical (unpaired) electrons. The quantitative estimate of drug-likeness (QED) is 0.921. The van der Waals surface area contributed by atoms with Crippen molar-refractivity contribution in [2.45, 2.75) is 50.7 Å².